The van der Waals surface area contributed by atoms with E-state index in [0.717, 1.165) is 12.1 Å². The van der Waals surface area contributed by atoms with Crippen LogP contribution in [-0.2, 0) is 0 Å². The molecule has 0 saturated carbocycles. The fourth-order valence-corrected chi connectivity index (χ4v) is 0.656. The average Bonchev–Trinajstić information content (AvgIpc) is 2.11. The van der Waals surface area contributed by atoms with Crippen LogP contribution in [0.1, 0.15) is 0 Å². The van der Waals surface area contributed by atoms with Crippen LogP contribution in [-0.4, -0.2) is 6.98 Å². The molecule has 0 fully saturated rings. The third kappa shape index (κ3) is 1.47. The number of hydrogen-bond donors (Lipinski definition) is 0. The Labute approximate surface area is 59.8 Å². The van der Waals surface area contributed by atoms with Crippen molar-refractivity contribution in [2.45, 2.75) is 0 Å². The number of furan rings is 1. The Morgan fingerprint density at radius 1 is 1.30 bits per heavy atom. The van der Waals surface area contributed by atoms with Gasteiger partial charge < -0.3 is 17.4 Å². The van der Waals surface area contributed by atoms with E-state index < -0.39 is 12.6 Å². The molecule has 0 spiro atoms. The largest absolute Gasteiger partial charge is 0.544 e. The van der Waals surface area contributed by atoms with Gasteiger partial charge in [-0.25, -0.2) is 0 Å². The lowest BCUT2D eigenvalue weighted by Crippen LogP contribution is -2.32. The molecule has 0 radical (unpaired) electrons. The first-order valence-corrected chi connectivity index (χ1v) is 2.83. The van der Waals surface area contributed by atoms with Crippen LogP contribution in [0.4, 0.5) is 12.9 Å². The zero-order chi connectivity index (χ0) is 7.78. The molecule has 0 aliphatic carbocycles. The van der Waals surface area contributed by atoms with Crippen LogP contribution >= 0.6 is 11.6 Å². The van der Waals surface area contributed by atoms with E-state index in [0.29, 0.717) is 0 Å². The summed E-state index contributed by atoms with van der Waals surface area (Å²) in [7, 11) is 0. The van der Waals surface area contributed by atoms with Gasteiger partial charge in [0.25, 0.3) is 0 Å². The molecule has 0 saturated heterocycles. The molecule has 1 aromatic heterocycles. The Morgan fingerprint density at radius 3 is 2.10 bits per heavy atom. The number of hydrogen-bond acceptors (Lipinski definition) is 1. The summed E-state index contributed by atoms with van der Waals surface area (Å²) in [6, 6.07) is 1.87. The molecule has 56 valence electrons. The van der Waals surface area contributed by atoms with Crippen molar-refractivity contribution >= 4 is 24.2 Å². The van der Waals surface area contributed by atoms with Gasteiger partial charge in [0, 0.05) is 5.66 Å². The molecule has 6 heteroatoms. The highest BCUT2D eigenvalue weighted by Gasteiger charge is 2.29. The lowest BCUT2D eigenvalue weighted by Gasteiger charge is -2.08. The molecule has 1 nitrogen and oxygen atoms in total. The average molecular weight is 169 g/mol. The molecule has 0 amide bonds. The molecule has 0 aliphatic rings. The van der Waals surface area contributed by atoms with Gasteiger partial charge in [-0.3, -0.25) is 0 Å². The highest BCUT2D eigenvalue weighted by atomic mass is 35.5. The summed E-state index contributed by atoms with van der Waals surface area (Å²) in [6.07, 6.45) is 0. The van der Waals surface area contributed by atoms with Crippen molar-refractivity contribution in [2.75, 3.05) is 0 Å². The number of halogens is 4. The lowest BCUT2D eigenvalue weighted by atomic mass is 9.88. The van der Waals surface area contributed by atoms with Gasteiger partial charge in [-0.1, -0.05) is 6.07 Å². The van der Waals surface area contributed by atoms with Crippen molar-refractivity contribution in [1.82, 2.24) is 0 Å². The summed E-state index contributed by atoms with van der Waals surface area (Å²) < 4.78 is 39.3. The molecule has 0 unspecified atom stereocenters. The summed E-state index contributed by atoms with van der Waals surface area (Å²) >= 11 is 5.11. The van der Waals surface area contributed by atoms with E-state index in [1.165, 1.54) is 0 Å². The smallest absolute Gasteiger partial charge is 0.482 e. The van der Waals surface area contributed by atoms with Crippen LogP contribution in [0.5, 0.6) is 0 Å². The van der Waals surface area contributed by atoms with E-state index in [1.54, 1.807) is 0 Å². The Bertz CT molecular complexity index is 231. The van der Waals surface area contributed by atoms with Gasteiger partial charge in [0.15, 0.2) is 5.22 Å². The van der Waals surface area contributed by atoms with E-state index in [-0.39, 0.29) is 5.22 Å². The van der Waals surface area contributed by atoms with Gasteiger partial charge >= 0.3 is 6.98 Å². The zero-order valence-electron chi connectivity index (χ0n) is 4.65. The molecular formula is C4H2BClF3O-. The van der Waals surface area contributed by atoms with Crippen molar-refractivity contribution in [2.24, 2.45) is 0 Å². The Morgan fingerprint density at radius 2 is 1.90 bits per heavy atom. The zero-order valence-corrected chi connectivity index (χ0v) is 5.41. The first kappa shape index (κ1) is 7.53. The maximum Gasteiger partial charge on any atom is 0.544 e. The SMILES string of the molecule is F[B-](F)(F)c1ccc(Cl)o1. The van der Waals surface area contributed by atoms with Gasteiger partial charge in [-0.05, 0) is 17.7 Å². The van der Waals surface area contributed by atoms with Gasteiger partial charge in [-0.15, -0.1) is 0 Å². The molecule has 0 bridgehead atoms. The van der Waals surface area contributed by atoms with Crippen LogP contribution in [0, 0.1) is 0 Å². The maximum atomic E-state index is 11.7. The minimum atomic E-state index is -5.03. The third-order valence-corrected chi connectivity index (χ3v) is 1.12. The monoisotopic (exact) mass is 169 g/mol. The summed E-state index contributed by atoms with van der Waals surface area (Å²) in [6.45, 7) is -5.03. The summed E-state index contributed by atoms with van der Waals surface area (Å²) in [5.41, 5.74) is -1.01. The molecule has 1 rings (SSSR count). The fraction of sp³-hybridized carbons (Fsp3) is 0. The van der Waals surface area contributed by atoms with Crippen LogP contribution in [0.25, 0.3) is 0 Å². The molecule has 0 aliphatic heterocycles. The van der Waals surface area contributed by atoms with E-state index in [9.17, 15) is 12.9 Å². The standard InChI is InChI=1S/C4H2BClF3O/c6-4-2-1-3(10-4)5(7,8)9/h1-2H/q-1. The summed E-state index contributed by atoms with van der Waals surface area (Å²) in [5.74, 6) is 0. The molecule has 1 heterocycles. The topological polar surface area (TPSA) is 13.1 Å². The molecule has 10 heavy (non-hydrogen) atoms. The Kier molecular flexibility index (Phi) is 1.68. The van der Waals surface area contributed by atoms with Gasteiger partial charge in [0.1, 0.15) is 0 Å². The van der Waals surface area contributed by atoms with E-state index in [4.69, 9.17) is 11.6 Å². The number of rotatable bonds is 1. The minimum Gasteiger partial charge on any atom is -0.482 e. The van der Waals surface area contributed by atoms with E-state index in [1.807, 2.05) is 0 Å². The van der Waals surface area contributed by atoms with Gasteiger partial charge in [0.05, 0.1) is 0 Å². The summed E-state index contributed by atoms with van der Waals surface area (Å²) in [5, 5.41) is -0.241. The molecule has 0 atom stereocenters. The van der Waals surface area contributed by atoms with Crippen LogP contribution < -0.4 is 5.66 Å². The minimum absolute atomic E-state index is 0.241. The third-order valence-electron chi connectivity index (χ3n) is 0.917. The molecule has 0 aromatic carbocycles. The van der Waals surface area contributed by atoms with Crippen LogP contribution in [0.3, 0.4) is 0 Å². The quantitative estimate of drug-likeness (QED) is 0.586. The molecule has 0 N–H and O–H groups in total. The van der Waals surface area contributed by atoms with Crippen molar-refractivity contribution in [3.63, 3.8) is 0 Å². The normalized spacial score (nSPS) is 12.0. The van der Waals surface area contributed by atoms with E-state index >= 15 is 0 Å². The van der Waals surface area contributed by atoms with Crippen molar-refractivity contribution < 1.29 is 17.4 Å². The first-order chi connectivity index (χ1) is 4.50. The summed E-state index contributed by atoms with van der Waals surface area (Å²) in [4.78, 5) is 0. The predicted octanol–water partition coefficient (Wildman–Crippen LogP) is 1.99. The van der Waals surface area contributed by atoms with Gasteiger partial charge in [0.2, 0.25) is 0 Å². The first-order valence-electron chi connectivity index (χ1n) is 2.45. The second-order valence-corrected chi connectivity index (χ2v) is 2.09. The lowest BCUT2D eigenvalue weighted by molar-refractivity contribution is 0.466. The maximum absolute atomic E-state index is 11.7. The molecular weight excluding hydrogens is 167 g/mol. The van der Waals surface area contributed by atoms with Crippen molar-refractivity contribution in [1.29, 1.82) is 0 Å². The Balaban J connectivity index is 2.96. The Hall–Kier alpha value is -0.575. The van der Waals surface area contributed by atoms with Crippen LogP contribution in [0.15, 0.2) is 16.5 Å². The van der Waals surface area contributed by atoms with Crippen LogP contribution in [0.2, 0.25) is 5.22 Å². The van der Waals surface area contributed by atoms with Crippen molar-refractivity contribution in [3.8, 4) is 0 Å². The second-order valence-electron chi connectivity index (χ2n) is 1.72. The molecule has 1 aromatic rings. The van der Waals surface area contributed by atoms with Crippen molar-refractivity contribution in [3.05, 3.63) is 17.4 Å². The predicted molar refractivity (Wildman–Crippen MR) is 32.4 cm³/mol. The van der Waals surface area contributed by atoms with Gasteiger partial charge in [-0.2, -0.15) is 0 Å². The van der Waals surface area contributed by atoms with E-state index in [2.05, 4.69) is 4.42 Å². The second kappa shape index (κ2) is 2.23. The highest BCUT2D eigenvalue weighted by molar-refractivity contribution is 6.72. The highest BCUT2D eigenvalue weighted by Crippen LogP contribution is 2.13. The fourth-order valence-electron chi connectivity index (χ4n) is 0.504.